The molecule has 2 aliphatic rings. The van der Waals surface area contributed by atoms with Gasteiger partial charge in [0.1, 0.15) is 5.82 Å². The molecule has 23 heavy (non-hydrogen) atoms. The van der Waals surface area contributed by atoms with Crippen LogP contribution in [0.4, 0.5) is 0 Å². The minimum absolute atomic E-state index is 0.131. The predicted octanol–water partition coefficient (Wildman–Crippen LogP) is 2.32. The Balaban J connectivity index is 1.59. The Labute approximate surface area is 141 Å². The van der Waals surface area contributed by atoms with E-state index in [2.05, 4.69) is 42.1 Å². The summed E-state index contributed by atoms with van der Waals surface area (Å²) in [7, 11) is 0. The third-order valence-electron chi connectivity index (χ3n) is 4.32. The number of hydrogen-bond acceptors (Lipinski definition) is 5. The van der Waals surface area contributed by atoms with Crippen LogP contribution >= 0.6 is 15.9 Å². The Morgan fingerprint density at radius 2 is 2.26 bits per heavy atom. The summed E-state index contributed by atoms with van der Waals surface area (Å²) < 4.78 is 11.8. The highest BCUT2D eigenvalue weighted by Gasteiger charge is 2.27. The van der Waals surface area contributed by atoms with Crippen molar-refractivity contribution in [3.05, 3.63) is 38.5 Å². The van der Waals surface area contributed by atoms with Crippen LogP contribution in [0.2, 0.25) is 0 Å². The van der Waals surface area contributed by atoms with Crippen molar-refractivity contribution in [3.63, 3.8) is 0 Å². The molecule has 0 radical (unpaired) electrons. The molecule has 2 aliphatic heterocycles. The zero-order chi connectivity index (χ0) is 15.8. The molecule has 2 aromatic rings. The van der Waals surface area contributed by atoms with Crippen LogP contribution in [0.1, 0.15) is 36.7 Å². The maximum atomic E-state index is 11.3. The molecule has 122 valence electrons. The van der Waals surface area contributed by atoms with E-state index in [1.54, 1.807) is 0 Å². The fourth-order valence-electron chi connectivity index (χ4n) is 3.28. The normalized spacial score (nSPS) is 20.8. The number of fused-ring (bicyclic) bond motifs is 1. The first-order valence-corrected chi connectivity index (χ1v) is 8.46. The van der Waals surface area contributed by atoms with Crippen LogP contribution in [0.5, 0.6) is 11.5 Å². The van der Waals surface area contributed by atoms with Gasteiger partial charge in [-0.25, -0.2) is 9.89 Å². The molecule has 0 bridgehead atoms. The van der Waals surface area contributed by atoms with Crippen molar-refractivity contribution in [3.8, 4) is 11.5 Å². The first-order valence-electron chi connectivity index (χ1n) is 7.67. The molecule has 0 aliphatic carbocycles. The van der Waals surface area contributed by atoms with Crippen molar-refractivity contribution in [1.29, 1.82) is 0 Å². The summed E-state index contributed by atoms with van der Waals surface area (Å²) in [5, 5.41) is 6.58. The molecule has 7 nitrogen and oxygen atoms in total. The fourth-order valence-corrected chi connectivity index (χ4v) is 3.88. The van der Waals surface area contributed by atoms with Crippen molar-refractivity contribution in [2.24, 2.45) is 0 Å². The molecule has 4 rings (SSSR count). The van der Waals surface area contributed by atoms with Crippen molar-refractivity contribution < 1.29 is 9.47 Å². The van der Waals surface area contributed by atoms with Crippen molar-refractivity contribution >= 4 is 15.9 Å². The van der Waals surface area contributed by atoms with Crippen LogP contribution in [0.15, 0.2) is 21.4 Å². The van der Waals surface area contributed by atoms with Crippen LogP contribution in [-0.4, -0.2) is 33.4 Å². The Hall–Kier alpha value is -1.80. The topological polar surface area (TPSA) is 83.2 Å². The molecule has 0 saturated carbocycles. The zero-order valence-corrected chi connectivity index (χ0v) is 14.1. The molecule has 1 aromatic heterocycles. The largest absolute Gasteiger partial charge is 0.454 e. The number of benzene rings is 1. The summed E-state index contributed by atoms with van der Waals surface area (Å²) in [4.78, 5) is 16.5. The summed E-state index contributed by atoms with van der Waals surface area (Å²) in [6.07, 6.45) is 3.28. The average molecular weight is 381 g/mol. The van der Waals surface area contributed by atoms with E-state index in [1.165, 1.54) is 0 Å². The van der Waals surface area contributed by atoms with Crippen molar-refractivity contribution in [2.45, 2.75) is 31.8 Å². The van der Waals surface area contributed by atoms with E-state index in [1.807, 2.05) is 6.07 Å². The predicted molar refractivity (Wildman–Crippen MR) is 86.5 cm³/mol. The highest BCUT2D eigenvalue weighted by atomic mass is 79.9. The molecule has 3 heterocycles. The van der Waals surface area contributed by atoms with Gasteiger partial charge >= 0.3 is 5.69 Å². The van der Waals surface area contributed by atoms with E-state index in [0.29, 0.717) is 0 Å². The molecular weight excluding hydrogens is 364 g/mol. The number of ether oxygens (including phenoxy) is 2. The molecular formula is C15H17BrN4O3. The van der Waals surface area contributed by atoms with Gasteiger partial charge in [-0.1, -0.05) is 6.42 Å². The van der Waals surface area contributed by atoms with Crippen LogP contribution in [-0.2, 0) is 6.54 Å². The van der Waals surface area contributed by atoms with Crippen molar-refractivity contribution in [1.82, 2.24) is 20.1 Å². The van der Waals surface area contributed by atoms with E-state index in [9.17, 15) is 4.79 Å². The highest BCUT2D eigenvalue weighted by Crippen LogP contribution is 2.41. The molecule has 8 heteroatoms. The minimum atomic E-state index is -0.253. The Kier molecular flexibility index (Phi) is 3.86. The first kappa shape index (κ1) is 14.8. The van der Waals surface area contributed by atoms with Gasteiger partial charge in [-0.15, -0.1) is 0 Å². The van der Waals surface area contributed by atoms with Gasteiger partial charge in [0.05, 0.1) is 10.5 Å². The summed E-state index contributed by atoms with van der Waals surface area (Å²) in [5.74, 6) is 2.26. The second kappa shape index (κ2) is 6.01. The molecule has 0 amide bonds. The number of H-pyrrole nitrogens is 2. The summed E-state index contributed by atoms with van der Waals surface area (Å²) >= 11 is 3.54. The van der Waals surface area contributed by atoms with Gasteiger partial charge < -0.3 is 9.47 Å². The second-order valence-electron chi connectivity index (χ2n) is 5.86. The van der Waals surface area contributed by atoms with Gasteiger partial charge in [-0.3, -0.25) is 9.88 Å². The Morgan fingerprint density at radius 3 is 3.09 bits per heavy atom. The molecule has 1 unspecified atom stereocenters. The molecule has 1 saturated heterocycles. The zero-order valence-electron chi connectivity index (χ0n) is 12.5. The monoisotopic (exact) mass is 380 g/mol. The maximum Gasteiger partial charge on any atom is 0.340 e. The van der Waals surface area contributed by atoms with Gasteiger partial charge in [-0.05, 0) is 53.0 Å². The fraction of sp³-hybridized carbons (Fsp3) is 0.467. The number of aromatic nitrogens is 3. The highest BCUT2D eigenvalue weighted by molar-refractivity contribution is 9.10. The number of rotatable bonds is 3. The minimum Gasteiger partial charge on any atom is -0.454 e. The maximum absolute atomic E-state index is 11.3. The molecule has 0 spiro atoms. The molecule has 1 aromatic carbocycles. The smallest absolute Gasteiger partial charge is 0.340 e. The number of nitrogens with one attached hydrogen (secondary N) is 2. The first-order chi connectivity index (χ1) is 11.2. The molecule has 1 atom stereocenters. The van der Waals surface area contributed by atoms with E-state index in [0.717, 1.165) is 59.7 Å². The lowest BCUT2D eigenvalue weighted by molar-refractivity contribution is 0.134. The number of halogens is 1. The lowest BCUT2D eigenvalue weighted by Crippen LogP contribution is -2.33. The summed E-state index contributed by atoms with van der Waals surface area (Å²) in [5.41, 5.74) is 0.891. The van der Waals surface area contributed by atoms with E-state index < -0.39 is 0 Å². The van der Waals surface area contributed by atoms with Gasteiger partial charge in [0.25, 0.3) is 0 Å². The quantitative estimate of drug-likeness (QED) is 0.853. The summed E-state index contributed by atoms with van der Waals surface area (Å²) in [6.45, 7) is 2.01. The van der Waals surface area contributed by atoms with Crippen LogP contribution in [0.25, 0.3) is 0 Å². The van der Waals surface area contributed by atoms with Gasteiger partial charge in [0, 0.05) is 6.54 Å². The number of aromatic amines is 2. The van der Waals surface area contributed by atoms with Crippen LogP contribution < -0.4 is 15.2 Å². The molecule has 2 N–H and O–H groups in total. The number of likely N-dealkylation sites (tertiary alicyclic amines) is 1. The lowest BCUT2D eigenvalue weighted by atomic mass is 10.0. The average Bonchev–Trinajstić information content (AvgIpc) is 3.17. The number of nitrogens with zero attached hydrogens (tertiary/aromatic N) is 2. The van der Waals surface area contributed by atoms with Crippen molar-refractivity contribution in [2.75, 3.05) is 13.3 Å². The second-order valence-corrected chi connectivity index (χ2v) is 6.71. The molecule has 1 fully saturated rings. The SMILES string of the molecule is O=c1[nH]nc(C2CCCCN2Cc2cc(Br)c3c(c2)OCO3)[nH]1. The lowest BCUT2D eigenvalue weighted by Gasteiger charge is -2.34. The van der Waals surface area contributed by atoms with Crippen LogP contribution in [0.3, 0.4) is 0 Å². The number of hydrogen-bond donors (Lipinski definition) is 2. The van der Waals surface area contributed by atoms with Crippen LogP contribution in [0, 0.1) is 0 Å². The summed E-state index contributed by atoms with van der Waals surface area (Å²) in [6, 6.07) is 4.21. The Morgan fingerprint density at radius 1 is 1.35 bits per heavy atom. The van der Waals surface area contributed by atoms with E-state index in [4.69, 9.17) is 9.47 Å². The standard InChI is InChI=1S/C15H17BrN4O3/c16-10-5-9(6-12-13(10)23-8-22-12)7-20-4-2-1-3-11(20)14-17-15(21)19-18-14/h5-6,11H,1-4,7-8H2,(H2,17,18,19,21). The third-order valence-corrected chi connectivity index (χ3v) is 4.91. The van der Waals surface area contributed by atoms with Gasteiger partial charge in [0.2, 0.25) is 6.79 Å². The number of piperidine rings is 1. The van der Waals surface area contributed by atoms with Gasteiger partial charge in [-0.2, -0.15) is 5.10 Å². The third kappa shape index (κ3) is 2.88. The van der Waals surface area contributed by atoms with Gasteiger partial charge in [0.15, 0.2) is 11.5 Å². The Bertz CT molecular complexity index is 772. The van der Waals surface area contributed by atoms with E-state index >= 15 is 0 Å². The van der Waals surface area contributed by atoms with E-state index in [-0.39, 0.29) is 18.5 Å².